The molecule has 0 aliphatic heterocycles. The summed E-state index contributed by atoms with van der Waals surface area (Å²) >= 11 is 0. The molecule has 0 aliphatic carbocycles. The van der Waals surface area contributed by atoms with Gasteiger partial charge in [0, 0.05) is 12.7 Å². The Hall–Kier alpha value is -1.43. The van der Waals surface area contributed by atoms with Gasteiger partial charge in [-0.2, -0.15) is 0 Å². The van der Waals surface area contributed by atoms with Crippen LogP contribution in [0.4, 0.5) is 0 Å². The maximum Gasteiger partial charge on any atom is 0.320 e. The molecular weight excluding hydrogens is 208 g/mol. The van der Waals surface area contributed by atoms with Crippen LogP contribution in [0.3, 0.4) is 0 Å². The number of hydrogen-bond acceptors (Lipinski definition) is 4. The molecule has 16 heavy (non-hydrogen) atoms. The summed E-state index contributed by atoms with van der Waals surface area (Å²) in [6, 6.07) is -0.455. The zero-order valence-electron chi connectivity index (χ0n) is 9.46. The summed E-state index contributed by atoms with van der Waals surface area (Å²) in [5.74, 6) is -0.785. The highest BCUT2D eigenvalue weighted by atomic mass is 16.4. The molecule has 0 fully saturated rings. The topological polar surface area (TPSA) is 80.0 Å². The standard InChI is InChI=1S/C10H18N4O2/c1-2-3-4-9(10(15)16)11-5-7-14-8-6-12-13-14/h6,8-9,11H,2-5,7H2,1H3,(H,15,16). The van der Waals surface area contributed by atoms with Crippen molar-refractivity contribution in [1.82, 2.24) is 20.3 Å². The quantitative estimate of drug-likeness (QED) is 0.675. The number of aromatic nitrogens is 3. The molecule has 0 saturated heterocycles. The van der Waals surface area contributed by atoms with Gasteiger partial charge in [0.15, 0.2) is 0 Å². The predicted molar refractivity (Wildman–Crippen MR) is 59.0 cm³/mol. The molecule has 1 aromatic heterocycles. The maximum atomic E-state index is 10.9. The summed E-state index contributed by atoms with van der Waals surface area (Å²) in [5.41, 5.74) is 0. The van der Waals surface area contributed by atoms with Crippen LogP contribution in [-0.2, 0) is 11.3 Å². The second-order valence-corrected chi connectivity index (χ2v) is 3.65. The van der Waals surface area contributed by atoms with E-state index in [0.717, 1.165) is 12.8 Å². The number of rotatable bonds is 8. The minimum Gasteiger partial charge on any atom is -0.480 e. The van der Waals surface area contributed by atoms with E-state index in [2.05, 4.69) is 15.6 Å². The Kier molecular flexibility index (Phi) is 5.49. The Morgan fingerprint density at radius 1 is 1.62 bits per heavy atom. The number of carbonyl (C=O) groups is 1. The maximum absolute atomic E-state index is 10.9. The monoisotopic (exact) mass is 226 g/mol. The molecule has 1 atom stereocenters. The Labute approximate surface area is 94.7 Å². The molecular formula is C10H18N4O2. The van der Waals surface area contributed by atoms with Gasteiger partial charge in [-0.25, -0.2) is 0 Å². The minimum atomic E-state index is -0.785. The highest BCUT2D eigenvalue weighted by Gasteiger charge is 2.15. The highest BCUT2D eigenvalue weighted by molar-refractivity contribution is 5.73. The molecule has 90 valence electrons. The molecule has 0 radical (unpaired) electrons. The fraction of sp³-hybridized carbons (Fsp3) is 0.700. The van der Waals surface area contributed by atoms with Gasteiger partial charge in [-0.1, -0.05) is 25.0 Å². The molecule has 0 saturated carbocycles. The lowest BCUT2D eigenvalue weighted by Crippen LogP contribution is -2.38. The van der Waals surface area contributed by atoms with Crippen LogP contribution in [0, 0.1) is 0 Å². The summed E-state index contributed by atoms with van der Waals surface area (Å²) in [4.78, 5) is 10.9. The lowest BCUT2D eigenvalue weighted by atomic mass is 10.1. The molecule has 1 rings (SSSR count). The zero-order chi connectivity index (χ0) is 11.8. The predicted octanol–water partition coefficient (Wildman–Crippen LogP) is 0.511. The van der Waals surface area contributed by atoms with E-state index in [1.807, 2.05) is 6.92 Å². The van der Waals surface area contributed by atoms with E-state index < -0.39 is 12.0 Å². The van der Waals surface area contributed by atoms with Gasteiger partial charge in [-0.15, -0.1) is 5.10 Å². The molecule has 0 amide bonds. The van der Waals surface area contributed by atoms with Crippen LogP contribution in [0.25, 0.3) is 0 Å². The molecule has 1 unspecified atom stereocenters. The van der Waals surface area contributed by atoms with E-state index in [4.69, 9.17) is 5.11 Å². The number of carboxylic acids is 1. The molecule has 2 N–H and O–H groups in total. The first-order valence-electron chi connectivity index (χ1n) is 5.54. The third-order valence-corrected chi connectivity index (χ3v) is 2.35. The van der Waals surface area contributed by atoms with Gasteiger partial charge < -0.3 is 10.4 Å². The van der Waals surface area contributed by atoms with Crippen LogP contribution in [0.1, 0.15) is 26.2 Å². The van der Waals surface area contributed by atoms with Crippen LogP contribution >= 0.6 is 0 Å². The number of unbranched alkanes of at least 4 members (excludes halogenated alkanes) is 1. The van der Waals surface area contributed by atoms with Crippen molar-refractivity contribution in [3.8, 4) is 0 Å². The molecule has 6 heteroatoms. The Bertz CT molecular complexity index is 300. The van der Waals surface area contributed by atoms with E-state index in [1.165, 1.54) is 0 Å². The van der Waals surface area contributed by atoms with Crippen molar-refractivity contribution in [2.24, 2.45) is 0 Å². The molecule has 1 heterocycles. The minimum absolute atomic E-state index is 0.455. The van der Waals surface area contributed by atoms with Gasteiger partial charge in [0.05, 0.1) is 12.7 Å². The molecule has 1 aromatic rings. The molecule has 0 bridgehead atoms. The molecule has 0 aliphatic rings. The average Bonchev–Trinajstić information content (AvgIpc) is 2.75. The molecule has 0 spiro atoms. The van der Waals surface area contributed by atoms with Crippen molar-refractivity contribution in [2.45, 2.75) is 38.8 Å². The van der Waals surface area contributed by atoms with E-state index in [9.17, 15) is 4.79 Å². The van der Waals surface area contributed by atoms with E-state index in [1.54, 1.807) is 17.1 Å². The van der Waals surface area contributed by atoms with Gasteiger partial charge in [-0.05, 0) is 6.42 Å². The van der Waals surface area contributed by atoms with Gasteiger partial charge in [0.1, 0.15) is 6.04 Å². The lowest BCUT2D eigenvalue weighted by molar-refractivity contribution is -0.139. The van der Waals surface area contributed by atoms with Crippen molar-refractivity contribution in [2.75, 3.05) is 6.54 Å². The van der Waals surface area contributed by atoms with Gasteiger partial charge in [-0.3, -0.25) is 9.48 Å². The zero-order valence-corrected chi connectivity index (χ0v) is 9.46. The first-order chi connectivity index (χ1) is 7.74. The highest BCUT2D eigenvalue weighted by Crippen LogP contribution is 2.00. The van der Waals surface area contributed by atoms with Gasteiger partial charge in [0.2, 0.25) is 0 Å². The van der Waals surface area contributed by atoms with Crippen LogP contribution in [0.2, 0.25) is 0 Å². The van der Waals surface area contributed by atoms with Crippen molar-refractivity contribution < 1.29 is 9.90 Å². The first kappa shape index (κ1) is 12.6. The third-order valence-electron chi connectivity index (χ3n) is 2.35. The summed E-state index contributed by atoms with van der Waals surface area (Å²) in [6.45, 7) is 3.27. The normalized spacial score (nSPS) is 12.6. The van der Waals surface area contributed by atoms with E-state index >= 15 is 0 Å². The van der Waals surface area contributed by atoms with Crippen LogP contribution in [0.5, 0.6) is 0 Å². The Morgan fingerprint density at radius 2 is 2.44 bits per heavy atom. The lowest BCUT2D eigenvalue weighted by Gasteiger charge is -2.13. The SMILES string of the molecule is CCCCC(NCCn1ccnn1)C(=O)O. The number of carboxylic acid groups (broad SMARTS) is 1. The fourth-order valence-electron chi connectivity index (χ4n) is 1.43. The first-order valence-corrected chi connectivity index (χ1v) is 5.54. The number of aliphatic carboxylic acids is 1. The number of hydrogen-bond donors (Lipinski definition) is 2. The second kappa shape index (κ2) is 6.95. The summed E-state index contributed by atoms with van der Waals surface area (Å²) < 4.78 is 1.67. The van der Waals surface area contributed by atoms with Crippen molar-refractivity contribution in [3.05, 3.63) is 12.4 Å². The van der Waals surface area contributed by atoms with Gasteiger partial charge in [0.25, 0.3) is 0 Å². The Balaban J connectivity index is 2.24. The summed E-state index contributed by atoms with van der Waals surface area (Å²) in [6.07, 6.45) is 5.96. The van der Waals surface area contributed by atoms with Crippen molar-refractivity contribution >= 4 is 5.97 Å². The average molecular weight is 226 g/mol. The van der Waals surface area contributed by atoms with Crippen LogP contribution in [-0.4, -0.2) is 38.7 Å². The second-order valence-electron chi connectivity index (χ2n) is 3.65. The summed E-state index contributed by atoms with van der Waals surface area (Å²) in [5, 5.41) is 19.4. The molecule has 0 aromatic carbocycles. The number of nitrogens with zero attached hydrogens (tertiary/aromatic N) is 3. The number of nitrogens with one attached hydrogen (secondary N) is 1. The fourth-order valence-corrected chi connectivity index (χ4v) is 1.43. The molecule has 6 nitrogen and oxygen atoms in total. The van der Waals surface area contributed by atoms with Crippen LogP contribution < -0.4 is 5.32 Å². The van der Waals surface area contributed by atoms with Crippen molar-refractivity contribution in [3.63, 3.8) is 0 Å². The van der Waals surface area contributed by atoms with Gasteiger partial charge >= 0.3 is 5.97 Å². The summed E-state index contributed by atoms with van der Waals surface area (Å²) in [7, 11) is 0. The van der Waals surface area contributed by atoms with Crippen LogP contribution in [0.15, 0.2) is 12.4 Å². The Morgan fingerprint density at radius 3 is 3.00 bits per heavy atom. The smallest absolute Gasteiger partial charge is 0.320 e. The largest absolute Gasteiger partial charge is 0.480 e. The van der Waals surface area contributed by atoms with E-state index in [-0.39, 0.29) is 0 Å². The van der Waals surface area contributed by atoms with Crippen molar-refractivity contribution in [1.29, 1.82) is 0 Å². The third kappa shape index (κ3) is 4.39. The van der Waals surface area contributed by atoms with E-state index in [0.29, 0.717) is 19.5 Å².